The summed E-state index contributed by atoms with van der Waals surface area (Å²) in [6.45, 7) is 29.2. The molecule has 6 aromatic heterocycles. The highest BCUT2D eigenvalue weighted by Gasteiger charge is 2.30. The lowest BCUT2D eigenvalue weighted by Gasteiger charge is -2.33. The molecular formula is C75H99ClN18O10S6. The van der Waals surface area contributed by atoms with Gasteiger partial charge >= 0.3 is 0 Å². The second kappa shape index (κ2) is 41.8. The van der Waals surface area contributed by atoms with Gasteiger partial charge in [-0.1, -0.05) is 167 Å². The van der Waals surface area contributed by atoms with Crippen molar-refractivity contribution in [1.82, 2.24) is 60.2 Å². The van der Waals surface area contributed by atoms with E-state index < -0.39 is 10.2 Å². The second-order valence-corrected chi connectivity index (χ2v) is 35.0. The van der Waals surface area contributed by atoms with E-state index in [1.807, 2.05) is 9.80 Å². The Morgan fingerprint density at radius 3 is 1.13 bits per heavy atom. The monoisotopic (exact) mass is 1640 g/mol. The molecule has 110 heavy (non-hydrogen) atoms. The van der Waals surface area contributed by atoms with Crippen molar-refractivity contribution >= 4 is 142 Å². The van der Waals surface area contributed by atoms with Gasteiger partial charge in [-0.25, -0.2) is 15.0 Å². The Balaban J connectivity index is 0.000000247. The Kier molecular flexibility index (Phi) is 34.2. The number of nitrogens with zero attached hydrogens (tertiary/aromatic N) is 13. The Hall–Kier alpha value is -9.06. The first-order chi connectivity index (χ1) is 50.9. The molecule has 6 N–H and O–H groups in total. The summed E-state index contributed by atoms with van der Waals surface area (Å²) < 4.78 is 20.0. The maximum atomic E-state index is 13.0. The van der Waals surface area contributed by atoms with Crippen molar-refractivity contribution < 1.29 is 42.1 Å². The molecule has 9 aromatic rings. The van der Waals surface area contributed by atoms with E-state index in [1.54, 1.807) is 95.5 Å². The normalized spacial score (nSPS) is 15.5. The third kappa shape index (κ3) is 27.5. The van der Waals surface area contributed by atoms with Crippen LogP contribution >= 0.6 is 80.9 Å². The van der Waals surface area contributed by atoms with Crippen LogP contribution in [0.25, 0.3) is 0 Å². The summed E-state index contributed by atoms with van der Waals surface area (Å²) in [5.41, 5.74) is 8.46. The molecule has 35 heteroatoms. The van der Waals surface area contributed by atoms with E-state index in [0.717, 1.165) is 91.7 Å². The number of rotatable bonds is 22. The van der Waals surface area contributed by atoms with E-state index in [9.17, 15) is 34.1 Å². The van der Waals surface area contributed by atoms with Gasteiger partial charge in [-0.15, -0.1) is 30.6 Å². The smallest absolute Gasteiger partial charge is 0.269 e. The summed E-state index contributed by atoms with van der Waals surface area (Å²) in [7, 11) is 0. The zero-order chi connectivity index (χ0) is 77.0. The number of oxazole rings is 3. The average molecular weight is 1640 g/mol. The zero-order valence-electron chi connectivity index (χ0n) is 60.9. The first-order valence-corrected chi connectivity index (χ1v) is 40.1. The summed E-state index contributed by atoms with van der Waals surface area (Å²) in [5, 5.41) is 51.1. The fraction of sp³-hybridized carbons (Fsp3) is 0.440. The lowest BCUT2D eigenvalue weighted by Crippen LogP contribution is -2.45. The molecule has 0 saturated carbocycles. The van der Waals surface area contributed by atoms with Crippen molar-refractivity contribution in [3.8, 4) is 0 Å². The lowest BCUT2D eigenvalue weighted by atomic mass is 9.94. The Labute approximate surface area is 672 Å². The largest absolute Gasteiger partial charge is 0.444 e. The van der Waals surface area contributed by atoms with Gasteiger partial charge in [0.05, 0.1) is 40.8 Å². The number of anilines is 5. The average Bonchev–Trinajstić information content (AvgIpc) is 1.28. The van der Waals surface area contributed by atoms with Crippen LogP contribution in [0.2, 0.25) is 0 Å². The molecule has 3 atom stereocenters. The minimum atomic E-state index is -0.509. The summed E-state index contributed by atoms with van der Waals surface area (Å²) in [6, 6.07) is 20.0. The first-order valence-electron chi connectivity index (χ1n) is 34.3. The van der Waals surface area contributed by atoms with Crippen LogP contribution in [0.5, 0.6) is 0 Å². The Morgan fingerprint density at radius 1 is 0.536 bits per heavy atom. The summed E-state index contributed by atoms with van der Waals surface area (Å²) in [6.07, 6.45) is 13.2. The minimum Gasteiger partial charge on any atom is -0.444 e. The molecule has 3 saturated heterocycles. The highest BCUT2D eigenvalue weighted by atomic mass is 35.5. The summed E-state index contributed by atoms with van der Waals surface area (Å²) in [5.74, 6) is 5.98. The van der Waals surface area contributed by atoms with E-state index in [1.165, 1.54) is 76.1 Å². The van der Waals surface area contributed by atoms with Gasteiger partial charge in [0, 0.05) is 114 Å². The van der Waals surface area contributed by atoms with Crippen molar-refractivity contribution in [1.29, 1.82) is 0 Å². The number of piperidine rings is 3. The highest BCUT2D eigenvalue weighted by molar-refractivity contribution is 8.00. The van der Waals surface area contributed by atoms with Gasteiger partial charge in [-0.05, 0) is 123 Å². The van der Waals surface area contributed by atoms with E-state index in [0.29, 0.717) is 101 Å². The van der Waals surface area contributed by atoms with Crippen LogP contribution in [-0.2, 0) is 43.1 Å². The molecule has 0 bridgehead atoms. The van der Waals surface area contributed by atoms with E-state index >= 15 is 0 Å². The van der Waals surface area contributed by atoms with Crippen LogP contribution in [0.3, 0.4) is 0 Å². The number of nitrogens with one attached hydrogen (secondary N) is 4. The molecular weight excluding hydrogens is 1540 g/mol. The van der Waals surface area contributed by atoms with Crippen LogP contribution in [0.1, 0.15) is 189 Å². The Bertz CT molecular complexity index is 4470. The molecule has 0 radical (unpaired) electrons. The number of carbonyl (C=O) groups excluding carboxylic acids is 5. The number of allylic oxidation sites excluding steroid dienone is 1. The molecule has 3 fully saturated rings. The SMILES string of the molecule is C.C.C.C=CC(=O)Cl.C=CC(=O)Nc1ccc(C(=O)N2CCC[C@@H](Nc3nnc(SCc4ncc(C(C)(C)C)o4)s3)C2)cc1.CC(C)(C)c1cnc(CSc2nnc(N[C@@H]3CCCN(C(=O)c4ccc(N)cc4)C3)s2)o1.CC(C)(C)c1cnc(CSc2nnc(N[C@@H]3CCCN(C(=O)c4ccc([N+](=O)[O-])cc4)C3)s2)o1. The number of thioether (sulfide) groups is 3. The zero-order valence-corrected chi connectivity index (χ0v) is 66.5. The van der Waals surface area contributed by atoms with Gasteiger partial charge in [0.25, 0.3) is 23.4 Å². The number of carbonyl (C=O) groups is 5. The van der Waals surface area contributed by atoms with Crippen LogP contribution in [-0.4, -0.2) is 151 Å². The molecule has 9 heterocycles. The number of nitro benzene ring substituents is 1. The van der Waals surface area contributed by atoms with Crippen LogP contribution in [0.4, 0.5) is 32.5 Å². The van der Waals surface area contributed by atoms with Crippen molar-refractivity contribution in [2.75, 3.05) is 66.3 Å². The number of nitrogens with two attached hydrogens (primary N) is 1. The third-order valence-corrected chi connectivity index (χ3v) is 22.5. The predicted molar refractivity (Wildman–Crippen MR) is 442 cm³/mol. The van der Waals surface area contributed by atoms with Gasteiger partial charge < -0.3 is 55.0 Å². The van der Waals surface area contributed by atoms with Gasteiger partial charge in [0.2, 0.25) is 44.2 Å². The number of non-ortho nitro benzene ring substituents is 1. The van der Waals surface area contributed by atoms with E-state index in [-0.39, 0.29) is 86.0 Å². The Morgan fingerprint density at radius 2 is 0.845 bits per heavy atom. The fourth-order valence-electron chi connectivity index (χ4n) is 10.7. The molecule has 592 valence electrons. The lowest BCUT2D eigenvalue weighted by molar-refractivity contribution is -0.384. The van der Waals surface area contributed by atoms with Crippen molar-refractivity contribution in [3.05, 3.63) is 178 Å². The topological polar surface area (TPSA) is 368 Å². The predicted octanol–water partition coefficient (Wildman–Crippen LogP) is 17.0. The number of hydrogen-bond acceptors (Lipinski definition) is 29. The van der Waals surface area contributed by atoms with Crippen molar-refractivity contribution in [3.63, 3.8) is 0 Å². The summed E-state index contributed by atoms with van der Waals surface area (Å²) in [4.78, 5) is 88.5. The molecule has 4 amide bonds. The minimum absolute atomic E-state index is 0. The standard InChI is InChI=1S/C25H30N6O3S2.C22H26N6O4S2.C22H28N6O2S2.C3H3ClO.3CH4/c1-5-20(32)27-17-10-8-16(9-11-17)22(33)31-12-6-7-18(14-31)28-23-29-30-24(36-23)35-15-21-26-13-19(34-21)25(2,3)4;1-22(2,3)17-11-23-18(32-17)13-33-21-26-25-20(34-21)24-15-5-4-10-27(12-15)19(29)14-6-8-16(9-7-14)28(30)31;1-22(2,3)17-11-24-18(30-17)13-31-21-27-26-20(32-21)25-16-5-4-10-28(12-16)19(29)14-6-8-15(23)9-7-14;1-2-3(4)5;;;/h5,8-11,13,18H,1,6-7,12,14-15H2,2-4H3,(H,27,32)(H,28,29);6-9,11,15H,4-5,10,12-13H2,1-3H3,(H,24,25);6-9,11,16H,4-5,10,12-13,23H2,1-3H3,(H,25,26);2H,1H2;3*1H4/t18-;15-;16-;;;;/m111..../s1. The van der Waals surface area contributed by atoms with E-state index in [2.05, 4.69) is 142 Å². The first kappa shape index (κ1) is 89.8. The fourth-order valence-corrected chi connectivity index (χ4v) is 15.7. The number of likely N-dealkylation sites (tertiary alicyclic amines) is 3. The summed E-state index contributed by atoms with van der Waals surface area (Å²) >= 11 is 13.8. The number of hydrogen-bond donors (Lipinski definition) is 5. The molecule has 3 aliphatic heterocycles. The van der Waals surface area contributed by atoms with Crippen molar-refractivity contribution in [2.24, 2.45) is 0 Å². The number of aromatic nitrogens is 9. The van der Waals surface area contributed by atoms with Crippen molar-refractivity contribution in [2.45, 2.75) is 188 Å². The van der Waals surface area contributed by atoms with E-state index in [4.69, 9.17) is 30.6 Å². The quantitative estimate of drug-likeness (QED) is 0.0105. The number of benzene rings is 3. The number of nitro groups is 1. The van der Waals surface area contributed by atoms with Crippen LogP contribution in [0.15, 0.2) is 143 Å². The van der Waals surface area contributed by atoms with Crippen LogP contribution in [0, 0.1) is 10.1 Å². The molecule has 3 aliphatic rings. The highest BCUT2D eigenvalue weighted by Crippen LogP contribution is 2.35. The third-order valence-electron chi connectivity index (χ3n) is 16.4. The van der Waals surface area contributed by atoms with Gasteiger partial charge in [-0.2, -0.15) is 0 Å². The maximum absolute atomic E-state index is 13.0. The molecule has 28 nitrogen and oxygen atoms in total. The molecule has 3 aromatic carbocycles. The molecule has 0 unspecified atom stereocenters. The van der Waals surface area contributed by atoms with Gasteiger partial charge in [0.1, 0.15) is 17.3 Å². The number of nitrogen functional groups attached to an aromatic ring is 1. The van der Waals surface area contributed by atoms with Gasteiger partial charge in [0.15, 0.2) is 13.0 Å². The maximum Gasteiger partial charge on any atom is 0.269 e. The second-order valence-electron chi connectivity index (χ2n) is 28.0. The molecule has 12 rings (SSSR count). The number of halogens is 1. The number of amides is 4. The molecule has 0 spiro atoms. The van der Waals surface area contributed by atoms with Gasteiger partial charge in [-0.3, -0.25) is 34.1 Å². The van der Waals surface area contributed by atoms with Crippen LogP contribution < -0.4 is 27.0 Å². The molecule has 0 aliphatic carbocycles.